The fraction of sp³-hybridized carbons (Fsp3) is 0.318. The maximum absolute atomic E-state index is 12.5. The van der Waals surface area contributed by atoms with Crippen LogP contribution in [-0.2, 0) is 11.3 Å². The van der Waals surface area contributed by atoms with Crippen LogP contribution in [0.3, 0.4) is 0 Å². The highest BCUT2D eigenvalue weighted by molar-refractivity contribution is 7.99. The highest BCUT2D eigenvalue weighted by atomic mass is 32.2. The van der Waals surface area contributed by atoms with E-state index in [9.17, 15) is 4.79 Å². The zero-order valence-electron chi connectivity index (χ0n) is 17.4. The van der Waals surface area contributed by atoms with Gasteiger partial charge in [0.1, 0.15) is 11.5 Å². The molecule has 0 atom stereocenters. The van der Waals surface area contributed by atoms with Gasteiger partial charge in [-0.3, -0.25) is 4.79 Å². The third-order valence-corrected chi connectivity index (χ3v) is 5.22. The molecule has 0 aliphatic rings. The van der Waals surface area contributed by atoms with Crippen molar-refractivity contribution in [2.75, 3.05) is 24.3 Å². The summed E-state index contributed by atoms with van der Waals surface area (Å²) >= 11 is 1.35. The number of nitrogens with zero attached hydrogens (tertiary/aromatic N) is 3. The number of aromatic nitrogens is 3. The van der Waals surface area contributed by atoms with E-state index < -0.39 is 0 Å². The van der Waals surface area contributed by atoms with Crippen molar-refractivity contribution in [1.29, 1.82) is 0 Å². The van der Waals surface area contributed by atoms with Gasteiger partial charge in [-0.1, -0.05) is 36.0 Å². The number of para-hydroxylation sites is 3. The van der Waals surface area contributed by atoms with Crippen molar-refractivity contribution in [3.8, 4) is 22.9 Å². The molecule has 0 radical (unpaired) electrons. The standard InChI is InChI=1S/C22H26N4O3S/c1-4-26-21(16-11-7-9-13-18(16)28-5-2)24-25-22(26)30-15-20(27)23-17-12-8-10-14-19(17)29-6-3/h7-14H,4-6,15H2,1-3H3,(H,23,27). The van der Waals surface area contributed by atoms with E-state index in [0.717, 1.165) is 17.1 Å². The minimum Gasteiger partial charge on any atom is -0.493 e. The van der Waals surface area contributed by atoms with Crippen LogP contribution >= 0.6 is 11.8 Å². The minimum absolute atomic E-state index is 0.130. The number of ether oxygens (including phenoxy) is 2. The molecule has 1 N–H and O–H groups in total. The number of hydrogen-bond donors (Lipinski definition) is 1. The Bertz CT molecular complexity index is 990. The van der Waals surface area contributed by atoms with Crippen molar-refractivity contribution in [1.82, 2.24) is 14.8 Å². The number of carbonyl (C=O) groups is 1. The lowest BCUT2D eigenvalue weighted by molar-refractivity contribution is -0.113. The second kappa shape index (κ2) is 10.7. The number of nitrogens with one attached hydrogen (secondary N) is 1. The fourth-order valence-electron chi connectivity index (χ4n) is 2.98. The molecule has 1 heterocycles. The van der Waals surface area contributed by atoms with Gasteiger partial charge in [0.2, 0.25) is 5.91 Å². The molecule has 0 fully saturated rings. The van der Waals surface area contributed by atoms with Crippen LogP contribution in [0.5, 0.6) is 11.5 Å². The monoisotopic (exact) mass is 426 g/mol. The van der Waals surface area contributed by atoms with Gasteiger partial charge in [-0.15, -0.1) is 10.2 Å². The number of thioether (sulfide) groups is 1. The summed E-state index contributed by atoms with van der Waals surface area (Å²) in [5.41, 5.74) is 1.55. The molecule has 8 heteroatoms. The van der Waals surface area contributed by atoms with E-state index in [1.54, 1.807) is 0 Å². The summed E-state index contributed by atoms with van der Waals surface area (Å²) in [6.45, 7) is 7.67. The largest absolute Gasteiger partial charge is 0.493 e. The van der Waals surface area contributed by atoms with E-state index in [1.165, 1.54) is 11.8 Å². The van der Waals surface area contributed by atoms with Crippen molar-refractivity contribution < 1.29 is 14.3 Å². The minimum atomic E-state index is -0.130. The maximum atomic E-state index is 12.5. The predicted octanol–water partition coefficient (Wildman–Crippen LogP) is 4.49. The van der Waals surface area contributed by atoms with Gasteiger partial charge in [0.25, 0.3) is 0 Å². The molecule has 2 aromatic carbocycles. The lowest BCUT2D eigenvalue weighted by atomic mass is 10.2. The van der Waals surface area contributed by atoms with Gasteiger partial charge < -0.3 is 19.4 Å². The van der Waals surface area contributed by atoms with Crippen LogP contribution in [0, 0.1) is 0 Å². The Kier molecular flexibility index (Phi) is 7.73. The van der Waals surface area contributed by atoms with Crippen LogP contribution in [0.4, 0.5) is 5.69 Å². The number of anilines is 1. The van der Waals surface area contributed by atoms with Crippen molar-refractivity contribution in [3.05, 3.63) is 48.5 Å². The SMILES string of the molecule is CCOc1ccccc1NC(=O)CSc1nnc(-c2ccccc2OCC)n1CC. The molecule has 0 bridgehead atoms. The van der Waals surface area contributed by atoms with Gasteiger partial charge in [-0.25, -0.2) is 0 Å². The summed E-state index contributed by atoms with van der Waals surface area (Å²) in [6, 6.07) is 15.2. The molecule has 1 aromatic heterocycles. The van der Waals surface area contributed by atoms with E-state index in [2.05, 4.69) is 15.5 Å². The molecule has 0 unspecified atom stereocenters. The van der Waals surface area contributed by atoms with Gasteiger partial charge in [0.05, 0.1) is 30.2 Å². The van der Waals surface area contributed by atoms with Crippen molar-refractivity contribution in [2.24, 2.45) is 0 Å². The van der Waals surface area contributed by atoms with Crippen molar-refractivity contribution in [2.45, 2.75) is 32.5 Å². The average molecular weight is 427 g/mol. The van der Waals surface area contributed by atoms with Crippen molar-refractivity contribution in [3.63, 3.8) is 0 Å². The second-order valence-electron chi connectivity index (χ2n) is 6.25. The molecule has 0 aliphatic heterocycles. The Morgan fingerprint density at radius 3 is 2.37 bits per heavy atom. The number of hydrogen-bond acceptors (Lipinski definition) is 6. The fourth-order valence-corrected chi connectivity index (χ4v) is 3.78. The molecular weight excluding hydrogens is 400 g/mol. The zero-order chi connectivity index (χ0) is 21.3. The van der Waals surface area contributed by atoms with Gasteiger partial charge in [-0.2, -0.15) is 0 Å². The van der Waals surface area contributed by atoms with E-state index in [1.807, 2.05) is 73.9 Å². The number of carbonyl (C=O) groups excluding carboxylic acids is 1. The molecule has 0 spiro atoms. The van der Waals surface area contributed by atoms with E-state index in [-0.39, 0.29) is 11.7 Å². The first-order chi connectivity index (χ1) is 14.7. The normalized spacial score (nSPS) is 10.6. The Morgan fingerprint density at radius 1 is 0.967 bits per heavy atom. The van der Waals surface area contributed by atoms with Crippen molar-refractivity contribution >= 4 is 23.4 Å². The Hall–Kier alpha value is -3.00. The highest BCUT2D eigenvalue weighted by Gasteiger charge is 2.18. The maximum Gasteiger partial charge on any atom is 0.234 e. The summed E-state index contributed by atoms with van der Waals surface area (Å²) in [4.78, 5) is 12.5. The van der Waals surface area contributed by atoms with Gasteiger partial charge in [0.15, 0.2) is 11.0 Å². The van der Waals surface area contributed by atoms with Gasteiger partial charge >= 0.3 is 0 Å². The van der Waals surface area contributed by atoms with Crippen LogP contribution in [0.1, 0.15) is 20.8 Å². The van der Waals surface area contributed by atoms with E-state index >= 15 is 0 Å². The third-order valence-electron chi connectivity index (χ3n) is 4.25. The molecule has 3 rings (SSSR count). The predicted molar refractivity (Wildman–Crippen MR) is 119 cm³/mol. The van der Waals surface area contributed by atoms with Crippen LogP contribution in [0.25, 0.3) is 11.4 Å². The summed E-state index contributed by atoms with van der Waals surface area (Å²) < 4.78 is 13.3. The molecule has 0 saturated heterocycles. The first kappa shape index (κ1) is 21.7. The topological polar surface area (TPSA) is 78.3 Å². The summed E-state index contributed by atoms with van der Waals surface area (Å²) in [6.07, 6.45) is 0. The zero-order valence-corrected chi connectivity index (χ0v) is 18.2. The Balaban J connectivity index is 1.72. The quantitative estimate of drug-likeness (QED) is 0.481. The average Bonchev–Trinajstić information content (AvgIpc) is 3.17. The first-order valence-corrected chi connectivity index (χ1v) is 11.0. The first-order valence-electron chi connectivity index (χ1n) is 9.97. The Labute approximate surface area is 180 Å². The number of rotatable bonds is 10. The molecule has 158 valence electrons. The summed E-state index contributed by atoms with van der Waals surface area (Å²) in [5, 5.41) is 12.3. The molecule has 0 saturated carbocycles. The lowest BCUT2D eigenvalue weighted by Gasteiger charge is -2.12. The van der Waals surface area contributed by atoms with Gasteiger partial charge in [-0.05, 0) is 45.0 Å². The van der Waals surface area contributed by atoms with Crippen LogP contribution in [0.2, 0.25) is 0 Å². The summed E-state index contributed by atoms with van der Waals surface area (Å²) in [5.74, 6) is 2.24. The Morgan fingerprint density at radius 2 is 1.63 bits per heavy atom. The molecular formula is C22H26N4O3S. The van der Waals surface area contributed by atoms with Crippen LogP contribution in [-0.4, -0.2) is 39.6 Å². The summed E-state index contributed by atoms with van der Waals surface area (Å²) in [7, 11) is 0. The third kappa shape index (κ3) is 5.13. The number of amides is 1. The van der Waals surface area contributed by atoms with E-state index in [4.69, 9.17) is 9.47 Å². The van der Waals surface area contributed by atoms with Crippen LogP contribution < -0.4 is 14.8 Å². The van der Waals surface area contributed by atoms with Gasteiger partial charge in [0, 0.05) is 6.54 Å². The highest BCUT2D eigenvalue weighted by Crippen LogP contribution is 2.31. The smallest absolute Gasteiger partial charge is 0.234 e. The van der Waals surface area contributed by atoms with Crippen LogP contribution in [0.15, 0.2) is 53.7 Å². The molecule has 1 amide bonds. The lowest BCUT2D eigenvalue weighted by Crippen LogP contribution is -2.15. The second-order valence-corrected chi connectivity index (χ2v) is 7.19. The molecule has 0 aliphatic carbocycles. The molecule has 3 aromatic rings. The number of benzene rings is 2. The van der Waals surface area contributed by atoms with E-state index in [0.29, 0.717) is 36.4 Å². The molecule has 7 nitrogen and oxygen atoms in total. The molecule has 30 heavy (non-hydrogen) atoms.